The predicted molar refractivity (Wildman–Crippen MR) is 108 cm³/mol. The summed E-state index contributed by atoms with van der Waals surface area (Å²) in [5.74, 6) is -0.608. The molecule has 3 aromatic rings. The van der Waals surface area contributed by atoms with Crippen molar-refractivity contribution in [2.24, 2.45) is 0 Å². The summed E-state index contributed by atoms with van der Waals surface area (Å²) in [6.45, 7) is 0. The predicted octanol–water partition coefficient (Wildman–Crippen LogP) is 4.72. The van der Waals surface area contributed by atoms with E-state index in [2.05, 4.69) is 15.6 Å². The standard InChI is InChI=1S/C20H16ClN3O2S/c21-13-8-6-12(7-9-13)18(25)24-20-23-17-15(10-11-16(17)27-20)19(26)22-14-4-2-1-3-5-14/h1-9,15H,10-11H2,(H,22,26)(H,23,24,25). The van der Waals surface area contributed by atoms with Crippen LogP contribution in [0.25, 0.3) is 0 Å². The van der Waals surface area contributed by atoms with Gasteiger partial charge in [0, 0.05) is 21.2 Å². The SMILES string of the molecule is O=C(Nc1nc2c(s1)CCC2C(=O)Nc1ccccc1)c1ccc(Cl)cc1. The molecule has 1 atom stereocenters. The smallest absolute Gasteiger partial charge is 0.257 e. The molecule has 27 heavy (non-hydrogen) atoms. The lowest BCUT2D eigenvalue weighted by molar-refractivity contribution is -0.117. The van der Waals surface area contributed by atoms with E-state index in [1.807, 2.05) is 30.3 Å². The number of amides is 2. The number of hydrogen-bond donors (Lipinski definition) is 2. The van der Waals surface area contributed by atoms with Crippen LogP contribution in [0, 0.1) is 0 Å². The highest BCUT2D eigenvalue weighted by atomic mass is 35.5. The van der Waals surface area contributed by atoms with Crippen LogP contribution in [0.3, 0.4) is 0 Å². The second-order valence-corrected chi connectivity index (χ2v) is 7.76. The minimum Gasteiger partial charge on any atom is -0.326 e. The highest BCUT2D eigenvalue weighted by molar-refractivity contribution is 7.16. The summed E-state index contributed by atoms with van der Waals surface area (Å²) in [5, 5.41) is 6.83. The van der Waals surface area contributed by atoms with Crippen molar-refractivity contribution >= 4 is 45.6 Å². The van der Waals surface area contributed by atoms with Crippen LogP contribution < -0.4 is 10.6 Å². The number of aromatic nitrogens is 1. The van der Waals surface area contributed by atoms with E-state index in [4.69, 9.17) is 11.6 Å². The van der Waals surface area contributed by atoms with Gasteiger partial charge in [0.15, 0.2) is 5.13 Å². The zero-order valence-electron chi connectivity index (χ0n) is 14.2. The molecule has 2 N–H and O–H groups in total. The molecule has 0 bridgehead atoms. The number of para-hydroxylation sites is 1. The molecule has 1 aliphatic rings. The summed E-state index contributed by atoms with van der Waals surface area (Å²) in [6, 6.07) is 16.0. The number of carbonyl (C=O) groups excluding carboxylic acids is 2. The van der Waals surface area contributed by atoms with Crippen LogP contribution in [0.2, 0.25) is 5.02 Å². The second kappa shape index (κ2) is 7.50. The van der Waals surface area contributed by atoms with Gasteiger partial charge in [0.05, 0.1) is 11.6 Å². The van der Waals surface area contributed by atoms with Crippen LogP contribution in [0.1, 0.15) is 33.3 Å². The molecule has 0 aliphatic heterocycles. The van der Waals surface area contributed by atoms with Crippen LogP contribution in [0.4, 0.5) is 10.8 Å². The molecule has 2 aromatic carbocycles. The zero-order valence-corrected chi connectivity index (χ0v) is 15.8. The third-order valence-electron chi connectivity index (χ3n) is 4.40. The summed E-state index contributed by atoms with van der Waals surface area (Å²) in [6.07, 6.45) is 1.52. The van der Waals surface area contributed by atoms with E-state index in [1.54, 1.807) is 24.3 Å². The van der Waals surface area contributed by atoms with Crippen molar-refractivity contribution in [3.05, 3.63) is 75.8 Å². The van der Waals surface area contributed by atoms with Crippen molar-refractivity contribution in [1.29, 1.82) is 0 Å². The number of thiazole rings is 1. The largest absolute Gasteiger partial charge is 0.326 e. The molecule has 0 radical (unpaired) electrons. The lowest BCUT2D eigenvalue weighted by atomic mass is 10.1. The van der Waals surface area contributed by atoms with Gasteiger partial charge in [0.25, 0.3) is 5.91 Å². The molecule has 1 unspecified atom stereocenters. The number of carbonyl (C=O) groups is 2. The lowest BCUT2D eigenvalue weighted by Crippen LogP contribution is -2.20. The maximum Gasteiger partial charge on any atom is 0.257 e. The molecular formula is C20H16ClN3O2S. The third-order valence-corrected chi connectivity index (χ3v) is 5.70. The lowest BCUT2D eigenvalue weighted by Gasteiger charge is -2.10. The normalized spacial score (nSPS) is 15.2. The number of benzene rings is 2. The number of fused-ring (bicyclic) bond motifs is 1. The maximum atomic E-state index is 12.6. The molecule has 1 heterocycles. The van der Waals surface area contributed by atoms with Gasteiger partial charge in [-0.2, -0.15) is 0 Å². The molecule has 0 fully saturated rings. The molecule has 1 aromatic heterocycles. The Hall–Kier alpha value is -2.70. The van der Waals surface area contributed by atoms with Gasteiger partial charge in [0.1, 0.15) is 0 Å². The van der Waals surface area contributed by atoms with Crippen molar-refractivity contribution in [2.75, 3.05) is 10.6 Å². The Balaban J connectivity index is 1.47. The van der Waals surface area contributed by atoms with Gasteiger partial charge in [0.2, 0.25) is 5.91 Å². The zero-order chi connectivity index (χ0) is 18.8. The van der Waals surface area contributed by atoms with E-state index in [-0.39, 0.29) is 17.7 Å². The number of nitrogens with one attached hydrogen (secondary N) is 2. The van der Waals surface area contributed by atoms with Crippen LogP contribution in [0.15, 0.2) is 54.6 Å². The van der Waals surface area contributed by atoms with E-state index >= 15 is 0 Å². The topological polar surface area (TPSA) is 71.1 Å². The van der Waals surface area contributed by atoms with Crippen molar-refractivity contribution < 1.29 is 9.59 Å². The molecule has 0 saturated carbocycles. The van der Waals surface area contributed by atoms with Gasteiger partial charge in [-0.25, -0.2) is 4.98 Å². The first kappa shape index (κ1) is 17.7. The van der Waals surface area contributed by atoms with Crippen LogP contribution in [0.5, 0.6) is 0 Å². The average Bonchev–Trinajstić information content (AvgIpc) is 3.23. The Labute approximate surface area is 165 Å². The fraction of sp³-hybridized carbons (Fsp3) is 0.150. The Morgan fingerprint density at radius 3 is 2.52 bits per heavy atom. The molecule has 7 heteroatoms. The Morgan fingerprint density at radius 2 is 1.78 bits per heavy atom. The first-order chi connectivity index (χ1) is 13.1. The van der Waals surface area contributed by atoms with Crippen LogP contribution in [-0.4, -0.2) is 16.8 Å². The summed E-state index contributed by atoms with van der Waals surface area (Å²) >= 11 is 7.28. The number of anilines is 2. The summed E-state index contributed by atoms with van der Waals surface area (Å²) in [7, 11) is 0. The fourth-order valence-corrected chi connectivity index (χ4v) is 4.22. The first-order valence-corrected chi connectivity index (χ1v) is 9.72. The number of halogens is 1. The van der Waals surface area contributed by atoms with Gasteiger partial charge in [-0.3, -0.25) is 14.9 Å². The highest BCUT2D eigenvalue weighted by Crippen LogP contribution is 2.39. The minimum atomic E-state index is -0.294. The number of hydrogen-bond acceptors (Lipinski definition) is 4. The minimum absolute atomic E-state index is 0.0687. The van der Waals surface area contributed by atoms with E-state index in [0.717, 1.165) is 29.1 Å². The van der Waals surface area contributed by atoms with E-state index in [1.165, 1.54) is 11.3 Å². The Kier molecular flexibility index (Phi) is 4.92. The molecule has 5 nitrogen and oxygen atoms in total. The van der Waals surface area contributed by atoms with Crippen molar-refractivity contribution in [3.8, 4) is 0 Å². The van der Waals surface area contributed by atoms with E-state index < -0.39 is 0 Å². The van der Waals surface area contributed by atoms with Gasteiger partial charge in [-0.15, -0.1) is 11.3 Å². The number of nitrogens with zero attached hydrogens (tertiary/aromatic N) is 1. The number of aryl methyl sites for hydroxylation is 1. The highest BCUT2D eigenvalue weighted by Gasteiger charge is 2.33. The third kappa shape index (κ3) is 3.86. The summed E-state index contributed by atoms with van der Waals surface area (Å²) < 4.78 is 0. The van der Waals surface area contributed by atoms with Crippen LogP contribution >= 0.6 is 22.9 Å². The second-order valence-electron chi connectivity index (χ2n) is 6.23. The molecule has 0 saturated heterocycles. The van der Waals surface area contributed by atoms with Gasteiger partial charge in [-0.05, 0) is 49.2 Å². The Bertz CT molecular complexity index is 986. The van der Waals surface area contributed by atoms with Crippen molar-refractivity contribution in [2.45, 2.75) is 18.8 Å². The molecule has 2 amide bonds. The van der Waals surface area contributed by atoms with Gasteiger partial charge >= 0.3 is 0 Å². The van der Waals surface area contributed by atoms with E-state index in [0.29, 0.717) is 15.7 Å². The molecule has 4 rings (SSSR count). The quantitative estimate of drug-likeness (QED) is 0.669. The van der Waals surface area contributed by atoms with Gasteiger partial charge < -0.3 is 5.32 Å². The van der Waals surface area contributed by atoms with Gasteiger partial charge in [-0.1, -0.05) is 29.8 Å². The van der Waals surface area contributed by atoms with E-state index in [9.17, 15) is 9.59 Å². The van der Waals surface area contributed by atoms with Crippen LogP contribution in [-0.2, 0) is 11.2 Å². The molecule has 136 valence electrons. The van der Waals surface area contributed by atoms with Crippen molar-refractivity contribution in [3.63, 3.8) is 0 Å². The Morgan fingerprint density at radius 1 is 1.04 bits per heavy atom. The summed E-state index contributed by atoms with van der Waals surface area (Å²) in [5.41, 5.74) is 2.04. The maximum absolute atomic E-state index is 12.6. The monoisotopic (exact) mass is 397 g/mol. The first-order valence-electron chi connectivity index (χ1n) is 8.52. The number of rotatable bonds is 4. The average molecular weight is 398 g/mol. The molecule has 0 spiro atoms. The molecule has 1 aliphatic carbocycles. The fourth-order valence-electron chi connectivity index (χ4n) is 3.06. The van der Waals surface area contributed by atoms with Crippen molar-refractivity contribution in [1.82, 2.24) is 4.98 Å². The summed E-state index contributed by atoms with van der Waals surface area (Å²) in [4.78, 5) is 30.5. The molecular weight excluding hydrogens is 382 g/mol.